The fourth-order valence-corrected chi connectivity index (χ4v) is 5.34. The lowest BCUT2D eigenvalue weighted by Crippen LogP contribution is -2.22. The summed E-state index contributed by atoms with van der Waals surface area (Å²) in [7, 11) is 3.15. The van der Waals surface area contributed by atoms with E-state index in [-0.39, 0.29) is 17.6 Å². The molecule has 0 spiro atoms. The molecule has 6 nitrogen and oxygen atoms in total. The second-order valence-corrected chi connectivity index (χ2v) is 10.8. The van der Waals surface area contributed by atoms with Gasteiger partial charge in [0.1, 0.15) is 6.61 Å². The summed E-state index contributed by atoms with van der Waals surface area (Å²) in [5, 5.41) is 1.51. The molecule has 1 aliphatic rings. The van der Waals surface area contributed by atoms with Crippen LogP contribution in [0.4, 0.5) is 26.3 Å². The average Bonchev–Trinajstić information content (AvgIpc) is 3.35. The second-order valence-electron chi connectivity index (χ2n) is 9.76. The molecule has 2 heterocycles. The van der Waals surface area contributed by atoms with Gasteiger partial charge in [-0.1, -0.05) is 24.3 Å². The van der Waals surface area contributed by atoms with Crippen molar-refractivity contribution in [3.63, 3.8) is 0 Å². The number of aromatic nitrogens is 1. The van der Waals surface area contributed by atoms with Gasteiger partial charge in [0.25, 0.3) is 5.91 Å². The predicted octanol–water partition coefficient (Wildman–Crippen LogP) is 7.96. The molecule has 1 amide bonds. The molecule has 0 fully saturated rings. The van der Waals surface area contributed by atoms with Crippen molar-refractivity contribution in [3.05, 3.63) is 106 Å². The summed E-state index contributed by atoms with van der Waals surface area (Å²) in [6.45, 7) is -0.151. The van der Waals surface area contributed by atoms with E-state index in [1.807, 2.05) is 42.3 Å². The Kier molecular flexibility index (Phi) is 8.60. The van der Waals surface area contributed by atoms with Crippen molar-refractivity contribution >= 4 is 39.8 Å². The number of alkyl halides is 6. The Hall–Kier alpha value is -4.52. The third kappa shape index (κ3) is 6.99. The molecule has 1 aliphatic heterocycles. The number of methoxy groups -OCH3 is 1. The topological polar surface area (TPSA) is 64.0 Å². The lowest BCUT2D eigenvalue weighted by Gasteiger charge is -2.18. The van der Waals surface area contributed by atoms with E-state index in [4.69, 9.17) is 9.47 Å². The first-order valence-electron chi connectivity index (χ1n) is 13.0. The third-order valence-electron chi connectivity index (χ3n) is 6.63. The molecule has 228 valence electrons. The molecule has 4 aromatic rings. The number of aliphatic imine (C=N–C) groups is 1. The van der Waals surface area contributed by atoms with Crippen LogP contribution in [-0.4, -0.2) is 35.1 Å². The number of hydrogen-bond acceptors (Lipinski definition) is 6. The first kappa shape index (κ1) is 30.9. The fraction of sp³-hybridized carbons (Fsp3) is 0.194. The number of benzene rings is 3. The number of rotatable bonds is 7. The standard InChI is InChI=1S/C31H23F6N3O3S/c1-40(16-19-5-9-24-20(12-19)4-3-11-38-24)29-39-28(41)27(44-29)14-18-6-10-25(26(13-18)42-2)43-17-21-7-8-22(30(32,33)34)15-23(21)31(35,36)37/h3-15H,16-17H2,1-2H3/b27-14+. The molecule has 0 radical (unpaired) electrons. The van der Waals surface area contributed by atoms with Gasteiger partial charge in [-0.15, -0.1) is 0 Å². The van der Waals surface area contributed by atoms with Crippen LogP contribution in [0.1, 0.15) is 27.8 Å². The van der Waals surface area contributed by atoms with E-state index in [1.165, 1.54) is 31.0 Å². The monoisotopic (exact) mass is 631 g/mol. The Morgan fingerprint density at radius 3 is 2.45 bits per heavy atom. The summed E-state index contributed by atoms with van der Waals surface area (Å²) in [5.74, 6) is -0.213. The van der Waals surface area contributed by atoms with Crippen molar-refractivity contribution in [1.29, 1.82) is 0 Å². The third-order valence-corrected chi connectivity index (χ3v) is 7.73. The van der Waals surface area contributed by atoms with Crippen molar-refractivity contribution in [2.24, 2.45) is 4.99 Å². The Morgan fingerprint density at radius 1 is 0.932 bits per heavy atom. The Balaban J connectivity index is 1.28. The van der Waals surface area contributed by atoms with Gasteiger partial charge >= 0.3 is 12.4 Å². The van der Waals surface area contributed by atoms with Crippen LogP contribution in [-0.2, 0) is 30.3 Å². The largest absolute Gasteiger partial charge is 0.493 e. The molecular formula is C31H23F6N3O3S. The highest BCUT2D eigenvalue weighted by Crippen LogP contribution is 2.39. The van der Waals surface area contributed by atoms with Crippen molar-refractivity contribution < 1.29 is 40.6 Å². The minimum atomic E-state index is -5.02. The zero-order chi connectivity index (χ0) is 31.6. The quantitative estimate of drug-likeness (QED) is 0.152. The van der Waals surface area contributed by atoms with Crippen LogP contribution in [0.5, 0.6) is 11.5 Å². The first-order chi connectivity index (χ1) is 20.8. The van der Waals surface area contributed by atoms with Gasteiger partial charge in [-0.05, 0) is 71.4 Å². The van der Waals surface area contributed by atoms with E-state index in [2.05, 4.69) is 9.98 Å². The number of amides is 1. The second kappa shape index (κ2) is 12.2. The first-order valence-corrected chi connectivity index (χ1v) is 13.8. The molecule has 0 aliphatic carbocycles. The summed E-state index contributed by atoms with van der Waals surface area (Å²) < 4.78 is 90.3. The number of hydrogen-bond donors (Lipinski definition) is 0. The smallest absolute Gasteiger partial charge is 0.416 e. The summed E-state index contributed by atoms with van der Waals surface area (Å²) in [6, 6.07) is 15.7. The van der Waals surface area contributed by atoms with Gasteiger partial charge < -0.3 is 14.4 Å². The van der Waals surface area contributed by atoms with Crippen molar-refractivity contribution in [3.8, 4) is 11.5 Å². The number of nitrogens with zero attached hydrogens (tertiary/aromatic N) is 3. The predicted molar refractivity (Wildman–Crippen MR) is 155 cm³/mol. The average molecular weight is 632 g/mol. The SMILES string of the molecule is COc1cc(/C=C2/SC(N(C)Cc3ccc4ncccc4c3)=NC2=O)ccc1OCc1ccc(C(F)(F)F)cc1C(F)(F)F. The molecule has 5 rings (SSSR count). The highest BCUT2D eigenvalue weighted by Gasteiger charge is 2.38. The molecule has 3 aromatic carbocycles. The van der Waals surface area contributed by atoms with Crippen LogP contribution in [0.25, 0.3) is 17.0 Å². The van der Waals surface area contributed by atoms with Gasteiger partial charge in [-0.2, -0.15) is 31.3 Å². The molecule has 0 bridgehead atoms. The van der Waals surface area contributed by atoms with E-state index in [0.717, 1.165) is 22.5 Å². The van der Waals surface area contributed by atoms with E-state index in [1.54, 1.807) is 18.3 Å². The minimum absolute atomic E-state index is 0.0640. The Morgan fingerprint density at radius 2 is 1.73 bits per heavy atom. The van der Waals surface area contributed by atoms with Crippen LogP contribution in [0.2, 0.25) is 0 Å². The lowest BCUT2D eigenvalue weighted by molar-refractivity contribution is -0.143. The maximum Gasteiger partial charge on any atom is 0.416 e. The Labute approximate surface area is 252 Å². The normalized spacial score (nSPS) is 14.7. The van der Waals surface area contributed by atoms with Crippen molar-refractivity contribution in [2.75, 3.05) is 14.2 Å². The number of thioether (sulfide) groups is 1. The van der Waals surface area contributed by atoms with Crippen LogP contribution in [0, 0.1) is 0 Å². The summed E-state index contributed by atoms with van der Waals surface area (Å²) in [6.07, 6.45) is -6.62. The molecular weight excluding hydrogens is 608 g/mol. The zero-order valence-electron chi connectivity index (χ0n) is 23.2. The minimum Gasteiger partial charge on any atom is -0.493 e. The number of pyridine rings is 1. The molecule has 0 unspecified atom stereocenters. The van der Waals surface area contributed by atoms with Gasteiger partial charge in [0, 0.05) is 30.7 Å². The van der Waals surface area contributed by atoms with E-state index >= 15 is 0 Å². The van der Waals surface area contributed by atoms with Crippen LogP contribution in [0.3, 0.4) is 0 Å². The highest BCUT2D eigenvalue weighted by molar-refractivity contribution is 8.18. The molecule has 1 aromatic heterocycles. The summed E-state index contributed by atoms with van der Waals surface area (Å²) >= 11 is 1.19. The van der Waals surface area contributed by atoms with Crippen LogP contribution >= 0.6 is 11.8 Å². The van der Waals surface area contributed by atoms with Gasteiger partial charge in [0.05, 0.1) is 28.7 Å². The molecule has 13 heteroatoms. The summed E-state index contributed by atoms with van der Waals surface area (Å²) in [5.41, 5.74) is -0.891. The summed E-state index contributed by atoms with van der Waals surface area (Å²) in [4.78, 5) is 23.4. The molecule has 0 saturated heterocycles. The zero-order valence-corrected chi connectivity index (χ0v) is 24.0. The highest BCUT2D eigenvalue weighted by atomic mass is 32.2. The van der Waals surface area contributed by atoms with Crippen molar-refractivity contribution in [1.82, 2.24) is 9.88 Å². The molecule has 0 saturated carbocycles. The number of halogens is 6. The van der Waals surface area contributed by atoms with E-state index < -0.39 is 41.6 Å². The molecule has 0 atom stereocenters. The number of ether oxygens (including phenoxy) is 2. The van der Waals surface area contributed by atoms with Crippen LogP contribution in [0.15, 0.2) is 82.8 Å². The molecule has 0 N–H and O–H groups in total. The number of carbonyl (C=O) groups is 1. The number of fused-ring (bicyclic) bond motifs is 1. The maximum absolute atomic E-state index is 13.5. The number of amidine groups is 1. The molecule has 44 heavy (non-hydrogen) atoms. The van der Waals surface area contributed by atoms with Gasteiger partial charge in [-0.25, -0.2) is 0 Å². The van der Waals surface area contributed by atoms with Crippen molar-refractivity contribution in [2.45, 2.75) is 25.5 Å². The van der Waals surface area contributed by atoms with Gasteiger partial charge in [0.15, 0.2) is 16.7 Å². The maximum atomic E-state index is 13.5. The Bertz CT molecular complexity index is 1790. The van der Waals surface area contributed by atoms with Gasteiger partial charge in [0.2, 0.25) is 0 Å². The van der Waals surface area contributed by atoms with Crippen LogP contribution < -0.4 is 9.47 Å². The van der Waals surface area contributed by atoms with Gasteiger partial charge in [-0.3, -0.25) is 9.78 Å². The van der Waals surface area contributed by atoms with E-state index in [9.17, 15) is 31.1 Å². The fourth-order valence-electron chi connectivity index (χ4n) is 4.47. The number of carbonyl (C=O) groups excluding carboxylic acids is 1. The lowest BCUT2D eigenvalue weighted by atomic mass is 10.0. The van der Waals surface area contributed by atoms with E-state index in [0.29, 0.717) is 28.2 Å².